The Hall–Kier alpha value is -7.89. The first kappa shape index (κ1) is 63.6. The van der Waals surface area contributed by atoms with Gasteiger partial charge in [-0.2, -0.15) is 4.58 Å². The molecule has 9 rings (SSSR count). The van der Waals surface area contributed by atoms with Crippen molar-refractivity contribution in [3.63, 3.8) is 0 Å². The Morgan fingerprint density at radius 1 is 0.598 bits per heavy atom. The highest BCUT2D eigenvalue weighted by atomic mass is 16.6. The number of aryl methyl sites for hydroxylation is 1. The molecular weight excluding hydrogens is 1090 g/mol. The van der Waals surface area contributed by atoms with Gasteiger partial charge in [0.15, 0.2) is 5.71 Å². The Bertz CT molecular complexity index is 3380. The maximum Gasteiger partial charge on any atom is 0.227 e. The zero-order chi connectivity index (χ0) is 60.9. The zero-order valence-corrected chi connectivity index (χ0v) is 51.7. The summed E-state index contributed by atoms with van der Waals surface area (Å²) < 4.78 is 27.1. The zero-order valence-electron chi connectivity index (χ0n) is 51.7. The third kappa shape index (κ3) is 16.6. The Labute approximate surface area is 514 Å². The van der Waals surface area contributed by atoms with Crippen molar-refractivity contribution in [1.82, 2.24) is 30.6 Å². The van der Waals surface area contributed by atoms with Gasteiger partial charge in [0, 0.05) is 96.9 Å². The van der Waals surface area contributed by atoms with Crippen molar-refractivity contribution in [3.8, 4) is 22.5 Å². The van der Waals surface area contributed by atoms with Crippen LogP contribution >= 0.6 is 0 Å². The van der Waals surface area contributed by atoms with Crippen LogP contribution in [-0.4, -0.2) is 128 Å². The van der Waals surface area contributed by atoms with E-state index in [0.29, 0.717) is 111 Å². The summed E-state index contributed by atoms with van der Waals surface area (Å²) in [5.74, 6) is 0.127. The lowest BCUT2D eigenvalue weighted by atomic mass is 9.81. The lowest BCUT2D eigenvalue weighted by Gasteiger charge is -2.29. The predicted octanol–water partition coefficient (Wildman–Crippen LogP) is 11.4. The number of hydrogen-bond donors (Lipinski definition) is 2. The number of unbranched alkanes of at least 4 members (excludes halogenated alkanes) is 4. The number of benzene rings is 4. The van der Waals surface area contributed by atoms with Gasteiger partial charge in [-0.05, 0) is 93.0 Å². The quantitative estimate of drug-likeness (QED) is 0.0229. The largest absolute Gasteiger partial charge is 0.377 e. The van der Waals surface area contributed by atoms with Crippen molar-refractivity contribution in [2.75, 3.05) is 89.3 Å². The summed E-state index contributed by atoms with van der Waals surface area (Å²) in [6.45, 7) is 15.4. The second kappa shape index (κ2) is 31.7. The molecule has 2 aromatic heterocycles. The minimum absolute atomic E-state index is 0.00312. The van der Waals surface area contributed by atoms with Crippen molar-refractivity contribution in [2.24, 2.45) is 0 Å². The number of carbonyl (C=O) groups is 3. The number of fused-ring (bicyclic) bond motifs is 7. The van der Waals surface area contributed by atoms with E-state index < -0.39 is 0 Å². The van der Waals surface area contributed by atoms with Gasteiger partial charge in [-0.3, -0.25) is 19.4 Å². The summed E-state index contributed by atoms with van der Waals surface area (Å²) in [4.78, 5) is 47.8. The van der Waals surface area contributed by atoms with Crippen LogP contribution in [0.5, 0.6) is 0 Å². The average molecular weight is 1180 g/mol. The Kier molecular flexibility index (Phi) is 23.2. The van der Waals surface area contributed by atoms with Crippen LogP contribution in [0.4, 0.5) is 17.1 Å². The number of nitrogens with one attached hydrogen (secondary N) is 2. The summed E-state index contributed by atoms with van der Waals surface area (Å²) in [5, 5.41) is 15.3. The molecule has 87 heavy (non-hydrogen) atoms. The monoisotopic (exact) mass is 1180 g/mol. The number of allylic oxidation sites excluding steroid dienone is 6. The fourth-order valence-corrected chi connectivity index (χ4v) is 12.1. The average Bonchev–Trinajstić information content (AvgIpc) is 2.05. The van der Waals surface area contributed by atoms with Gasteiger partial charge in [0.25, 0.3) is 0 Å². The van der Waals surface area contributed by atoms with Crippen LogP contribution in [0.1, 0.15) is 108 Å². The molecule has 0 unspecified atom stereocenters. The molecule has 3 aliphatic heterocycles. The molecule has 16 nitrogen and oxygen atoms in total. The van der Waals surface area contributed by atoms with Crippen molar-refractivity contribution < 1.29 is 37.9 Å². The molecule has 16 heteroatoms. The first-order chi connectivity index (χ1) is 42.4. The smallest absolute Gasteiger partial charge is 0.227 e. The molecule has 5 heterocycles. The first-order valence-corrected chi connectivity index (χ1v) is 31.2. The van der Waals surface area contributed by atoms with Gasteiger partial charge in [-0.15, -0.1) is 5.10 Å². The SMILES string of the molecule is C[N+]1=C(C=CC=CC=C2N(CCCCCC(=O)NCCCCCC(=O)N3Cc4ccccc4-c4nnn(CCOCCOCCOCCOCCNC(=O)CCc5ccncc5)c4-c4ccccc43)c3ccccc3C2(C)C)C(C)(C)c2ccccc21. The molecule has 0 radical (unpaired) electrons. The Morgan fingerprint density at radius 3 is 2.00 bits per heavy atom. The summed E-state index contributed by atoms with van der Waals surface area (Å²) in [6, 6.07) is 37.3. The van der Waals surface area contributed by atoms with E-state index in [1.54, 1.807) is 12.4 Å². The fourth-order valence-electron chi connectivity index (χ4n) is 12.1. The van der Waals surface area contributed by atoms with Crippen LogP contribution in [0.15, 0.2) is 158 Å². The minimum atomic E-state index is -0.138. The van der Waals surface area contributed by atoms with E-state index in [1.807, 2.05) is 58.1 Å². The van der Waals surface area contributed by atoms with Crippen LogP contribution < -0.4 is 20.4 Å². The topological polar surface area (TPSA) is 165 Å². The fraction of sp³-hybridized carbons (Fsp3) is 0.423. The van der Waals surface area contributed by atoms with E-state index in [1.165, 1.54) is 33.9 Å². The number of carbonyl (C=O) groups excluding carboxylic acids is 3. The molecule has 0 atom stereocenters. The van der Waals surface area contributed by atoms with Crippen molar-refractivity contribution in [1.29, 1.82) is 0 Å². The number of aromatic nitrogens is 4. The maximum absolute atomic E-state index is 14.3. The normalized spacial score (nSPS) is 15.1. The van der Waals surface area contributed by atoms with E-state index in [0.717, 1.165) is 78.0 Å². The molecule has 0 spiro atoms. The number of rotatable bonds is 33. The third-order valence-electron chi connectivity index (χ3n) is 16.8. The lowest BCUT2D eigenvalue weighted by molar-refractivity contribution is -0.401. The van der Waals surface area contributed by atoms with Gasteiger partial charge in [-0.1, -0.05) is 129 Å². The highest BCUT2D eigenvalue weighted by molar-refractivity contribution is 6.03. The number of amides is 3. The Balaban J connectivity index is 0.659. The van der Waals surface area contributed by atoms with E-state index in [-0.39, 0.29) is 28.6 Å². The maximum atomic E-state index is 14.3. The Morgan fingerprint density at radius 2 is 1.23 bits per heavy atom. The number of anilines is 2. The van der Waals surface area contributed by atoms with Crippen LogP contribution in [0.3, 0.4) is 0 Å². The molecule has 3 amide bonds. The number of pyridine rings is 1. The standard InChI is InChI=1S/C71H87N9O7/c1-70(2)58-26-16-19-29-61(58)77(5)63(70)31-9-6-10-32-64-71(3,4)59-27-17-20-30-62(59)78(64)43-22-8-11-33-65(81)73-39-21-7-12-34-67(83)79-53-55-23-13-14-24-56(55)68-69(57-25-15-18-28-60(57)79)80(76-75-68)44-46-85-48-50-87-52-51-86-49-47-84-45-42-74-66(82)36-35-54-37-40-72-41-38-54/h6,9-10,13-20,23-32,37-38,40-41H,7-8,11-12,21-22,33-36,39,42-53H2,1-5H3,(H-,73,74,81,82)/p+1. The minimum Gasteiger partial charge on any atom is -0.377 e. The predicted molar refractivity (Wildman–Crippen MR) is 344 cm³/mol. The lowest BCUT2D eigenvalue weighted by Crippen LogP contribution is -2.31. The molecule has 0 fully saturated rings. The molecule has 0 bridgehead atoms. The van der Waals surface area contributed by atoms with Crippen LogP contribution in [-0.2, 0) is 63.7 Å². The molecular formula is C71H88N9O7+. The third-order valence-corrected chi connectivity index (χ3v) is 16.8. The number of para-hydroxylation sites is 3. The second-order valence-corrected chi connectivity index (χ2v) is 23.5. The van der Waals surface area contributed by atoms with Crippen molar-refractivity contribution in [3.05, 3.63) is 180 Å². The molecule has 0 aliphatic carbocycles. The molecule has 6 aromatic rings. The van der Waals surface area contributed by atoms with E-state index in [2.05, 4.69) is 156 Å². The number of hydrogen-bond acceptors (Lipinski definition) is 11. The number of nitrogens with zero attached hydrogens (tertiary/aromatic N) is 7. The molecule has 458 valence electrons. The van der Waals surface area contributed by atoms with Gasteiger partial charge in [0.1, 0.15) is 12.7 Å². The van der Waals surface area contributed by atoms with Gasteiger partial charge in [0.2, 0.25) is 23.4 Å². The molecule has 4 aromatic carbocycles. The summed E-state index contributed by atoms with van der Waals surface area (Å²) in [5.41, 5.74) is 13.9. The molecule has 0 saturated carbocycles. The highest BCUT2D eigenvalue weighted by Crippen LogP contribution is 2.48. The molecule has 3 aliphatic rings. The van der Waals surface area contributed by atoms with Crippen molar-refractivity contribution in [2.45, 2.75) is 116 Å². The highest BCUT2D eigenvalue weighted by Gasteiger charge is 2.43. The van der Waals surface area contributed by atoms with Gasteiger partial charge >= 0.3 is 0 Å². The summed E-state index contributed by atoms with van der Waals surface area (Å²) in [6.07, 6.45) is 21.5. The van der Waals surface area contributed by atoms with Crippen LogP contribution in [0.2, 0.25) is 0 Å². The van der Waals surface area contributed by atoms with Crippen LogP contribution in [0.25, 0.3) is 22.5 Å². The second-order valence-electron chi connectivity index (χ2n) is 23.5. The first-order valence-electron chi connectivity index (χ1n) is 31.2. The van der Waals surface area contributed by atoms with E-state index in [9.17, 15) is 14.4 Å². The van der Waals surface area contributed by atoms with Crippen LogP contribution in [0, 0.1) is 0 Å². The molecule has 2 N–H and O–H groups in total. The van der Waals surface area contributed by atoms with Crippen molar-refractivity contribution >= 4 is 40.5 Å². The molecule has 0 saturated heterocycles. The number of ether oxygens (including phenoxy) is 4. The summed E-state index contributed by atoms with van der Waals surface area (Å²) >= 11 is 0. The van der Waals surface area contributed by atoms with Gasteiger partial charge in [-0.25, -0.2) is 4.68 Å². The summed E-state index contributed by atoms with van der Waals surface area (Å²) in [7, 11) is 2.15. The van der Waals surface area contributed by atoms with E-state index in [4.69, 9.17) is 24.0 Å². The van der Waals surface area contributed by atoms with Gasteiger partial charge in [0.05, 0.1) is 82.7 Å². The van der Waals surface area contributed by atoms with Gasteiger partial charge < -0.3 is 39.4 Å². The van der Waals surface area contributed by atoms with E-state index >= 15 is 0 Å².